The van der Waals surface area contributed by atoms with E-state index in [9.17, 15) is 19.2 Å². The van der Waals surface area contributed by atoms with Crippen molar-refractivity contribution in [2.45, 2.75) is 59.2 Å². The first-order valence-corrected chi connectivity index (χ1v) is 29.9. The molecule has 14 rings (SSSR count). The summed E-state index contributed by atoms with van der Waals surface area (Å²) in [6.45, 7) is 9.08. The van der Waals surface area contributed by atoms with Crippen molar-refractivity contribution in [2.24, 2.45) is 0 Å². The molecule has 3 heterocycles. The van der Waals surface area contributed by atoms with Crippen molar-refractivity contribution in [3.8, 4) is 62.1 Å². The lowest BCUT2D eigenvalue weighted by atomic mass is 9.79. The van der Waals surface area contributed by atoms with Crippen LogP contribution < -0.4 is 30.1 Å². The first-order chi connectivity index (χ1) is 53.9. The zero-order chi connectivity index (χ0) is 83.7. The molecule has 422 valence electrons. The van der Waals surface area contributed by atoms with Gasteiger partial charge in [-0.2, -0.15) is 0 Å². The topological polar surface area (TPSA) is 35.9 Å². The van der Waals surface area contributed by atoms with E-state index in [0.717, 1.165) is 11.1 Å². The Balaban J connectivity index is 1.11. The van der Waals surface area contributed by atoms with Crippen molar-refractivity contribution in [3.05, 3.63) is 308 Å². The van der Waals surface area contributed by atoms with Gasteiger partial charge in [0.05, 0.1) is 67.7 Å². The molecule has 0 radical (unpaired) electrons. The van der Waals surface area contributed by atoms with E-state index >= 15 is 0 Å². The van der Waals surface area contributed by atoms with Gasteiger partial charge in [-0.25, -0.2) is 4.98 Å². The van der Waals surface area contributed by atoms with Gasteiger partial charge in [0.25, 0.3) is 6.33 Å². The van der Waals surface area contributed by atoms with Crippen molar-refractivity contribution in [1.82, 2.24) is 14.1 Å². The number of ether oxygens (including phenoxy) is 1. The fourth-order valence-electron chi connectivity index (χ4n) is 11.3. The van der Waals surface area contributed by atoms with Gasteiger partial charge in [0.2, 0.25) is 0 Å². The zero-order valence-electron chi connectivity index (χ0n) is 75.9. The molecule has 0 N–H and O–H groups in total. The standard InChI is InChI=1S/C81H68N4OSi/c1-56-47-78(82-54-72(56)58-29-15-9-16-30-58)85-73-41-24-23-39-70(73)71-45-44-65(53-75(71)85)86-64-32-25-31-63(52-64)83-55-84(74-46-43-59(50-76(74)83)57-27-13-8-14-28-57)79-69(60-48-61(80(2,3)4)51-62(49-60)81(5,6)7)40-26-42-77(79)87(66-33-17-10-18-34-66,67-35-19-11-20-36-67)68-37-21-12-22-38-68/h8-54H,1-7H3/i1D3,8D,9D,10D,11D,12D,13D,14D,15D,16D,17D,18D,19D,20D,21D,22D,27D,28D,29D,30D,33D,34D,35D,36D,37D,38D. The Kier molecular flexibility index (Phi) is 8.07. The van der Waals surface area contributed by atoms with Gasteiger partial charge >= 0.3 is 0 Å². The lowest BCUT2D eigenvalue weighted by Crippen LogP contribution is -2.76. The number of aryl methyl sites for hydroxylation is 1. The van der Waals surface area contributed by atoms with E-state index in [4.69, 9.17) is 28.9 Å². The number of hydrogen-bond acceptors (Lipinski definition) is 2. The molecule has 87 heavy (non-hydrogen) atoms. The summed E-state index contributed by atoms with van der Waals surface area (Å²) in [4.78, 5) is 4.72. The summed E-state index contributed by atoms with van der Waals surface area (Å²) < 4.78 is 270. The van der Waals surface area contributed by atoms with Crippen LogP contribution in [0.15, 0.2) is 285 Å². The first-order valence-electron chi connectivity index (χ1n) is 41.9. The number of aromatic nitrogens is 4. The average molecular weight is 1170 g/mol. The van der Waals surface area contributed by atoms with E-state index in [1.807, 2.05) is 71.9 Å². The van der Waals surface area contributed by atoms with Crippen LogP contribution in [0.2, 0.25) is 0 Å². The van der Waals surface area contributed by atoms with Crippen LogP contribution in [-0.2, 0) is 10.8 Å². The van der Waals surface area contributed by atoms with Crippen LogP contribution in [0.3, 0.4) is 0 Å². The molecule has 0 amide bonds. The Morgan fingerprint density at radius 1 is 0.483 bits per heavy atom. The number of hydrogen-bond donors (Lipinski definition) is 0. The van der Waals surface area contributed by atoms with Gasteiger partial charge in [-0.3, -0.25) is 13.7 Å². The van der Waals surface area contributed by atoms with Gasteiger partial charge in [0.15, 0.2) is 8.07 Å². The normalized spacial score (nSPS) is 16.8. The fourth-order valence-corrected chi connectivity index (χ4v) is 15.3. The van der Waals surface area contributed by atoms with E-state index < -0.39 is 192 Å². The summed E-state index contributed by atoms with van der Waals surface area (Å²) in [6.07, 6.45) is 4.69. The molecule has 0 saturated carbocycles. The summed E-state index contributed by atoms with van der Waals surface area (Å²) >= 11 is 0. The molecular formula is C81H68N4OSi. The maximum Gasteiger partial charge on any atom is 0.269 e. The van der Waals surface area contributed by atoms with Gasteiger partial charge in [0, 0.05) is 32.7 Å². The third-order valence-electron chi connectivity index (χ3n) is 15.6. The average Bonchev–Trinajstić information content (AvgIpc) is 1.05. The predicted molar refractivity (Wildman–Crippen MR) is 364 cm³/mol. The van der Waals surface area contributed by atoms with Crippen LogP contribution >= 0.6 is 0 Å². The molecule has 0 spiro atoms. The van der Waals surface area contributed by atoms with E-state index in [1.54, 1.807) is 71.3 Å². The molecule has 0 unspecified atom stereocenters. The molecule has 5 nitrogen and oxygen atoms in total. The molecule has 14 aromatic rings. The molecule has 3 aromatic heterocycles. The molecule has 0 atom stereocenters. The number of nitrogens with zero attached hydrogens (tertiary/aromatic N) is 4. The summed E-state index contributed by atoms with van der Waals surface area (Å²) in [7, 11) is -6.05. The van der Waals surface area contributed by atoms with Crippen LogP contribution in [0.1, 0.15) is 96.6 Å². The number of rotatable bonds is 12. The van der Waals surface area contributed by atoms with Gasteiger partial charge in [0.1, 0.15) is 17.3 Å². The fraction of sp³-hybridized carbons (Fsp3) is 0.111. The molecule has 0 aliphatic heterocycles. The lowest BCUT2D eigenvalue weighted by molar-refractivity contribution is -0.570. The van der Waals surface area contributed by atoms with Crippen LogP contribution in [0.25, 0.3) is 83.4 Å². The van der Waals surface area contributed by atoms with E-state index in [1.165, 1.54) is 45.7 Å². The summed E-state index contributed by atoms with van der Waals surface area (Å²) in [5.74, 6) is 0.439. The molecule has 0 aliphatic rings. The van der Waals surface area contributed by atoms with Gasteiger partial charge in [-0.05, 0) is 131 Å². The molecule has 0 saturated heterocycles. The molecule has 11 aromatic carbocycles. The van der Waals surface area contributed by atoms with Gasteiger partial charge in [-0.1, -0.05) is 265 Å². The highest BCUT2D eigenvalue weighted by atomic mass is 28.3. The largest absolute Gasteiger partial charge is 0.458 e. The maximum atomic E-state index is 10.2. The highest BCUT2D eigenvalue weighted by Gasteiger charge is 2.44. The molecule has 0 fully saturated rings. The van der Waals surface area contributed by atoms with Crippen molar-refractivity contribution in [3.63, 3.8) is 0 Å². The Labute approximate surface area is 551 Å². The van der Waals surface area contributed by atoms with E-state index in [-0.39, 0.29) is 78.3 Å². The number of imidazole rings is 1. The maximum absolute atomic E-state index is 10.2. The third kappa shape index (κ3) is 9.96. The monoisotopic (exact) mass is 1170 g/mol. The second-order valence-electron chi connectivity index (χ2n) is 22.9. The molecular weight excluding hydrogens is 1070 g/mol. The van der Waals surface area contributed by atoms with Gasteiger partial charge in [-0.15, -0.1) is 0 Å². The van der Waals surface area contributed by atoms with Crippen LogP contribution in [0.5, 0.6) is 11.5 Å². The first kappa shape index (κ1) is 31.8. The Bertz CT molecular complexity index is 6210. The minimum Gasteiger partial charge on any atom is -0.458 e. The second-order valence-corrected chi connectivity index (χ2v) is 26.5. The van der Waals surface area contributed by atoms with E-state index in [0.29, 0.717) is 27.4 Å². The summed E-state index contributed by atoms with van der Waals surface area (Å²) in [5.41, 5.74) is 1.36. The van der Waals surface area contributed by atoms with Crippen molar-refractivity contribution in [2.75, 3.05) is 0 Å². The second kappa shape index (κ2) is 22.0. The Morgan fingerprint density at radius 2 is 1.07 bits per heavy atom. The smallest absolute Gasteiger partial charge is 0.269 e. The van der Waals surface area contributed by atoms with Crippen LogP contribution in [0.4, 0.5) is 0 Å². The van der Waals surface area contributed by atoms with Crippen LogP contribution in [-0.4, -0.2) is 22.2 Å². The van der Waals surface area contributed by atoms with Crippen LogP contribution in [0, 0.1) is 13.2 Å². The molecule has 6 heteroatoms. The Hall–Kier alpha value is -10.1. The quantitative estimate of drug-likeness (QED) is 0.0529. The Morgan fingerprint density at radius 3 is 1.70 bits per heavy atom. The van der Waals surface area contributed by atoms with E-state index in [2.05, 4.69) is 6.33 Å². The predicted octanol–water partition coefficient (Wildman–Crippen LogP) is 17.3. The number of fused-ring (bicyclic) bond motifs is 4. The highest BCUT2D eigenvalue weighted by Crippen LogP contribution is 2.39. The number of benzene rings is 11. The minimum absolute atomic E-state index is 0.0759. The lowest BCUT2D eigenvalue weighted by Gasteiger charge is -2.37. The molecule has 0 aliphatic carbocycles. The summed E-state index contributed by atoms with van der Waals surface area (Å²) in [5, 5.41) is -1.16. The SMILES string of the molecule is [2H]c1c([2H])c([2H])c(-c2ccc3c(c2)n(-c2cccc(Oc4ccc5c6ccccc6n(-c6cc(C([2H])([2H])[2H])c(-c7c([2H])c([2H])c([2H])c([2H])c7[2H])cn6)c5c4)c2)[c-][n+]3-c2c(-c3cc(C(C)(C)C)cc(C(C)(C)C)c3)cccc2[Si](c2c([2H])c([2H])c([2H])c([2H])c2[2H])(c2c([2H])c([2H])c([2H])c([2H])c2[2H])c2c([2H])c([2H])c([2H])c([2H])c2[2H])c([2H])c1[2H]. The van der Waals surface area contributed by atoms with Crippen molar-refractivity contribution < 1.29 is 47.7 Å². The molecule has 0 bridgehead atoms. The minimum atomic E-state index is -6.05. The number of para-hydroxylation sites is 2. The summed E-state index contributed by atoms with van der Waals surface area (Å²) in [6, 6.07) is 14.2. The highest BCUT2D eigenvalue weighted by molar-refractivity contribution is 7.20. The van der Waals surface area contributed by atoms with Crippen molar-refractivity contribution in [1.29, 1.82) is 0 Å². The van der Waals surface area contributed by atoms with Crippen molar-refractivity contribution >= 4 is 61.7 Å². The van der Waals surface area contributed by atoms with Gasteiger partial charge < -0.3 is 4.74 Å². The number of pyridine rings is 1. The zero-order valence-corrected chi connectivity index (χ0v) is 48.9. The third-order valence-corrected chi connectivity index (χ3v) is 19.8.